The predicted octanol–water partition coefficient (Wildman–Crippen LogP) is 4.66. The quantitative estimate of drug-likeness (QED) is 0.413. The third-order valence-electron chi connectivity index (χ3n) is 4.67. The molecule has 1 aliphatic rings. The maximum Gasteiger partial charge on any atom is 0.0711 e. The lowest BCUT2D eigenvalue weighted by atomic mass is 9.97. The number of pyridine rings is 2. The van der Waals surface area contributed by atoms with E-state index < -0.39 is 0 Å². The summed E-state index contributed by atoms with van der Waals surface area (Å²) in [5.41, 5.74) is 7.33. The van der Waals surface area contributed by atoms with Gasteiger partial charge < -0.3 is 0 Å². The molecule has 2 aromatic heterocycles. The number of nitrogens with zero attached hydrogens (tertiary/aromatic N) is 2. The van der Waals surface area contributed by atoms with Crippen molar-refractivity contribution in [3.8, 4) is 11.1 Å². The van der Waals surface area contributed by atoms with Gasteiger partial charge in [-0.25, -0.2) is 0 Å². The van der Waals surface area contributed by atoms with Crippen LogP contribution in [0.4, 0.5) is 0 Å². The molecule has 0 aliphatic heterocycles. The Morgan fingerprint density at radius 3 is 2.55 bits per heavy atom. The number of aryl methyl sites for hydroxylation is 1. The largest absolute Gasteiger partial charge is 0.260 e. The second-order valence-corrected chi connectivity index (χ2v) is 5.91. The molecule has 0 fully saturated rings. The first-order chi connectivity index (χ1) is 10.8. The van der Waals surface area contributed by atoms with Gasteiger partial charge in [0.15, 0.2) is 0 Å². The van der Waals surface area contributed by atoms with Crippen molar-refractivity contribution in [2.75, 3.05) is 0 Å². The highest BCUT2D eigenvalue weighted by molar-refractivity contribution is 6.08. The number of benzene rings is 2. The summed E-state index contributed by atoms with van der Waals surface area (Å²) in [4.78, 5) is 9.50. The molecule has 22 heavy (non-hydrogen) atoms. The van der Waals surface area contributed by atoms with E-state index in [9.17, 15) is 0 Å². The third kappa shape index (κ3) is 1.44. The van der Waals surface area contributed by atoms with Gasteiger partial charge in [0.25, 0.3) is 0 Å². The maximum absolute atomic E-state index is 4.78. The Balaban J connectivity index is 2.02. The molecule has 2 nitrogen and oxygen atoms in total. The normalized spacial score (nSPS) is 12.6. The molecule has 5 rings (SSSR count). The van der Waals surface area contributed by atoms with E-state index >= 15 is 0 Å². The zero-order valence-electron chi connectivity index (χ0n) is 12.3. The van der Waals surface area contributed by atoms with E-state index in [0.717, 1.165) is 17.6 Å². The van der Waals surface area contributed by atoms with Gasteiger partial charge in [-0.2, -0.15) is 0 Å². The van der Waals surface area contributed by atoms with Crippen molar-refractivity contribution >= 4 is 21.7 Å². The van der Waals surface area contributed by atoms with Crippen LogP contribution in [0.1, 0.15) is 17.0 Å². The molecule has 104 valence electrons. The van der Waals surface area contributed by atoms with E-state index in [2.05, 4.69) is 55.5 Å². The molecule has 0 radical (unpaired) electrons. The van der Waals surface area contributed by atoms with E-state index in [4.69, 9.17) is 9.97 Å². The molecule has 0 saturated heterocycles. The number of fused-ring (bicyclic) bond motifs is 7. The first kappa shape index (κ1) is 11.9. The van der Waals surface area contributed by atoms with Crippen LogP contribution in [0.5, 0.6) is 0 Å². The van der Waals surface area contributed by atoms with Crippen LogP contribution < -0.4 is 0 Å². The monoisotopic (exact) mass is 282 g/mol. The summed E-state index contributed by atoms with van der Waals surface area (Å²) in [5.74, 6) is 0. The lowest BCUT2D eigenvalue weighted by Gasteiger charge is -2.10. The summed E-state index contributed by atoms with van der Waals surface area (Å²) in [6.45, 7) is 2.11. The van der Waals surface area contributed by atoms with Crippen LogP contribution in [0, 0.1) is 6.92 Å². The van der Waals surface area contributed by atoms with Crippen LogP contribution in [-0.4, -0.2) is 9.97 Å². The van der Waals surface area contributed by atoms with Gasteiger partial charge >= 0.3 is 0 Å². The van der Waals surface area contributed by atoms with E-state index in [0.29, 0.717) is 0 Å². The highest BCUT2D eigenvalue weighted by Gasteiger charge is 2.26. The van der Waals surface area contributed by atoms with E-state index in [-0.39, 0.29) is 0 Å². The van der Waals surface area contributed by atoms with Crippen LogP contribution in [0.25, 0.3) is 32.8 Å². The average molecular weight is 282 g/mol. The van der Waals surface area contributed by atoms with Crippen LogP contribution in [0.2, 0.25) is 0 Å². The molecule has 0 saturated carbocycles. The number of aromatic nitrogens is 2. The molecule has 0 N–H and O–H groups in total. The van der Waals surface area contributed by atoms with Gasteiger partial charge in [0, 0.05) is 34.6 Å². The van der Waals surface area contributed by atoms with Gasteiger partial charge in [-0.05, 0) is 29.5 Å². The van der Waals surface area contributed by atoms with Crippen molar-refractivity contribution in [1.82, 2.24) is 9.97 Å². The van der Waals surface area contributed by atoms with Crippen molar-refractivity contribution in [3.05, 3.63) is 71.7 Å². The number of para-hydroxylation sites is 1. The molecule has 0 amide bonds. The second-order valence-electron chi connectivity index (χ2n) is 5.91. The van der Waals surface area contributed by atoms with E-state index in [1.807, 2.05) is 6.20 Å². The molecule has 4 aromatic rings. The van der Waals surface area contributed by atoms with Crippen molar-refractivity contribution in [2.45, 2.75) is 13.3 Å². The second kappa shape index (κ2) is 4.14. The lowest BCUT2D eigenvalue weighted by Crippen LogP contribution is -1.93. The van der Waals surface area contributed by atoms with Gasteiger partial charge in [0.05, 0.1) is 11.2 Å². The Morgan fingerprint density at radius 1 is 0.864 bits per heavy atom. The Labute approximate surface area is 128 Å². The third-order valence-corrected chi connectivity index (χ3v) is 4.67. The van der Waals surface area contributed by atoms with Gasteiger partial charge in [-0.3, -0.25) is 9.97 Å². The van der Waals surface area contributed by atoms with Gasteiger partial charge in [-0.1, -0.05) is 42.5 Å². The molecular formula is C20H14N2. The zero-order chi connectivity index (χ0) is 14.7. The molecule has 0 bridgehead atoms. The first-order valence-electron chi connectivity index (χ1n) is 7.58. The fraction of sp³-hybridized carbons (Fsp3) is 0.100. The molecule has 2 aromatic carbocycles. The number of hydrogen-bond donors (Lipinski definition) is 0. The van der Waals surface area contributed by atoms with Gasteiger partial charge in [0.2, 0.25) is 0 Å². The first-order valence-corrected chi connectivity index (χ1v) is 7.58. The van der Waals surface area contributed by atoms with Crippen LogP contribution in [0.15, 0.2) is 54.7 Å². The maximum atomic E-state index is 4.78. The SMILES string of the molecule is Cc1nc2ccccc2c2c1Cc1ncc3ccccc3c1-2. The molecule has 0 unspecified atom stereocenters. The summed E-state index contributed by atoms with van der Waals surface area (Å²) < 4.78 is 0. The Kier molecular flexibility index (Phi) is 2.23. The van der Waals surface area contributed by atoms with Gasteiger partial charge in [-0.15, -0.1) is 0 Å². The van der Waals surface area contributed by atoms with Crippen molar-refractivity contribution in [3.63, 3.8) is 0 Å². The number of hydrogen-bond acceptors (Lipinski definition) is 2. The zero-order valence-corrected chi connectivity index (χ0v) is 12.3. The molecular weight excluding hydrogens is 268 g/mol. The minimum atomic E-state index is 0.888. The summed E-state index contributed by atoms with van der Waals surface area (Å²) in [7, 11) is 0. The Morgan fingerprint density at radius 2 is 1.64 bits per heavy atom. The van der Waals surface area contributed by atoms with Crippen LogP contribution in [0.3, 0.4) is 0 Å². The fourth-order valence-corrected chi connectivity index (χ4v) is 3.66. The fourth-order valence-electron chi connectivity index (χ4n) is 3.66. The summed E-state index contributed by atoms with van der Waals surface area (Å²) >= 11 is 0. The minimum Gasteiger partial charge on any atom is -0.260 e. The Hall–Kier alpha value is -2.74. The lowest BCUT2D eigenvalue weighted by molar-refractivity contribution is 1.09. The summed E-state index contributed by atoms with van der Waals surface area (Å²) in [5, 5.41) is 3.73. The topological polar surface area (TPSA) is 25.8 Å². The number of rotatable bonds is 0. The van der Waals surface area contributed by atoms with Crippen molar-refractivity contribution in [1.29, 1.82) is 0 Å². The van der Waals surface area contributed by atoms with E-state index in [1.165, 1.54) is 38.5 Å². The molecule has 0 spiro atoms. The standard InChI is InChI=1S/C20H14N2/c1-12-16-10-18-20(14-7-3-2-6-13(14)11-21-18)19(16)15-8-4-5-9-17(15)22-12/h2-9,11H,10H2,1H3. The minimum absolute atomic E-state index is 0.888. The highest BCUT2D eigenvalue weighted by Crippen LogP contribution is 2.44. The summed E-state index contributed by atoms with van der Waals surface area (Å²) in [6.07, 6.45) is 2.88. The molecule has 2 heteroatoms. The van der Waals surface area contributed by atoms with E-state index in [1.54, 1.807) is 0 Å². The van der Waals surface area contributed by atoms with Crippen molar-refractivity contribution < 1.29 is 0 Å². The van der Waals surface area contributed by atoms with Crippen LogP contribution >= 0.6 is 0 Å². The Bertz CT molecular complexity index is 1060. The van der Waals surface area contributed by atoms with Gasteiger partial charge in [0.1, 0.15) is 0 Å². The molecule has 0 atom stereocenters. The molecule has 1 aliphatic carbocycles. The average Bonchev–Trinajstić information content (AvgIpc) is 2.96. The smallest absolute Gasteiger partial charge is 0.0711 e. The molecule has 2 heterocycles. The van der Waals surface area contributed by atoms with Crippen LogP contribution in [-0.2, 0) is 6.42 Å². The highest BCUT2D eigenvalue weighted by atomic mass is 14.7. The van der Waals surface area contributed by atoms with Crippen molar-refractivity contribution in [2.24, 2.45) is 0 Å². The predicted molar refractivity (Wildman–Crippen MR) is 90.0 cm³/mol. The summed E-state index contributed by atoms with van der Waals surface area (Å²) in [6, 6.07) is 16.9.